The number of aryl methyl sites for hydroxylation is 1. The molecule has 2 aliphatic rings. The number of nitrogens with one attached hydrogen (secondary N) is 2. The van der Waals surface area contributed by atoms with Crippen molar-refractivity contribution in [1.82, 2.24) is 5.32 Å². The van der Waals surface area contributed by atoms with Crippen LogP contribution in [0, 0.1) is 30.1 Å². The minimum Gasteiger partial charge on any atom is -0.466 e. The predicted molar refractivity (Wildman–Crippen MR) is 128 cm³/mol. The Kier molecular flexibility index (Phi) is 7.20. The predicted octanol–water partition coefficient (Wildman–Crippen LogP) is 3.60. The van der Waals surface area contributed by atoms with Crippen LogP contribution < -0.4 is 10.6 Å². The van der Waals surface area contributed by atoms with Gasteiger partial charge in [0.2, 0.25) is 5.91 Å². The first-order valence-corrected chi connectivity index (χ1v) is 12.0. The second-order valence-corrected chi connectivity index (χ2v) is 10.5. The average Bonchev–Trinajstić information content (AvgIpc) is 3.28. The van der Waals surface area contributed by atoms with E-state index in [1.807, 2.05) is 25.1 Å². The van der Waals surface area contributed by atoms with Crippen molar-refractivity contribution >= 4 is 29.6 Å². The first-order chi connectivity index (χ1) is 16.3. The number of alkyl carbamates (subject to hydrolysis) is 1. The zero-order chi connectivity index (χ0) is 26.2. The molecule has 35 heavy (non-hydrogen) atoms. The summed E-state index contributed by atoms with van der Waals surface area (Å²) in [6, 6.07) is 7.34. The van der Waals surface area contributed by atoms with Gasteiger partial charge < -0.3 is 24.8 Å². The summed E-state index contributed by atoms with van der Waals surface area (Å²) >= 11 is 0. The standard InChI is InChI=1S/C26H36N2O7/c1-8-33-21(30)19-18-17(20(29)27-16-12-10-11-15(3)13-16)14-26(25(18,19)7,22(31)34-9-2)28-23(32)35-24(4,5)6/h10-13,17-19H,8-9,14H2,1-7H3,(H,27,29)(H,28,32)/t17-,18-,19-,25-,26-/m0/s1. The highest BCUT2D eigenvalue weighted by Crippen LogP contribution is 2.75. The quantitative estimate of drug-likeness (QED) is 0.444. The lowest BCUT2D eigenvalue weighted by Gasteiger charge is -2.37. The number of esters is 2. The minimum atomic E-state index is -1.64. The summed E-state index contributed by atoms with van der Waals surface area (Å²) in [6.45, 7) is 12.3. The second-order valence-electron chi connectivity index (χ2n) is 10.5. The summed E-state index contributed by atoms with van der Waals surface area (Å²) in [5.74, 6) is -3.57. The second kappa shape index (κ2) is 9.51. The lowest BCUT2D eigenvalue weighted by molar-refractivity contribution is -0.156. The average molecular weight is 489 g/mol. The molecule has 0 aliphatic heterocycles. The van der Waals surface area contributed by atoms with Crippen LogP contribution in [0.15, 0.2) is 24.3 Å². The summed E-state index contributed by atoms with van der Waals surface area (Å²) in [4.78, 5) is 52.7. The maximum Gasteiger partial charge on any atom is 0.408 e. The lowest BCUT2D eigenvalue weighted by atomic mass is 9.79. The van der Waals surface area contributed by atoms with Crippen LogP contribution >= 0.6 is 0 Å². The van der Waals surface area contributed by atoms with Crippen LogP contribution in [0.5, 0.6) is 0 Å². The van der Waals surface area contributed by atoms with E-state index in [-0.39, 0.29) is 25.5 Å². The van der Waals surface area contributed by atoms with E-state index >= 15 is 0 Å². The molecule has 0 bridgehead atoms. The molecule has 0 spiro atoms. The van der Waals surface area contributed by atoms with Crippen molar-refractivity contribution in [2.45, 2.75) is 66.0 Å². The third kappa shape index (κ3) is 4.86. The van der Waals surface area contributed by atoms with E-state index in [0.29, 0.717) is 5.69 Å². The molecule has 2 fully saturated rings. The molecule has 3 rings (SSSR count). The molecular formula is C26H36N2O7. The summed E-state index contributed by atoms with van der Waals surface area (Å²) in [5.41, 5.74) is -1.95. The minimum absolute atomic E-state index is 0.0280. The van der Waals surface area contributed by atoms with Crippen molar-refractivity contribution in [3.63, 3.8) is 0 Å². The molecule has 2 N–H and O–H groups in total. The van der Waals surface area contributed by atoms with E-state index in [1.54, 1.807) is 47.6 Å². The molecule has 9 heteroatoms. The van der Waals surface area contributed by atoms with Crippen molar-refractivity contribution < 1.29 is 33.4 Å². The van der Waals surface area contributed by atoms with Crippen LogP contribution in [0.25, 0.3) is 0 Å². The fourth-order valence-electron chi connectivity index (χ4n) is 5.53. The van der Waals surface area contributed by atoms with Crippen molar-refractivity contribution in [3.05, 3.63) is 29.8 Å². The van der Waals surface area contributed by atoms with Crippen molar-refractivity contribution in [2.75, 3.05) is 18.5 Å². The van der Waals surface area contributed by atoms with Crippen LogP contribution in [0.2, 0.25) is 0 Å². The number of carbonyl (C=O) groups excluding carboxylic acids is 4. The Bertz CT molecular complexity index is 1020. The van der Waals surface area contributed by atoms with Crippen molar-refractivity contribution in [3.8, 4) is 0 Å². The van der Waals surface area contributed by atoms with E-state index in [0.717, 1.165) is 5.56 Å². The normalized spacial score (nSPS) is 28.9. The molecule has 5 atom stereocenters. The van der Waals surface area contributed by atoms with Gasteiger partial charge in [-0.05, 0) is 71.6 Å². The Morgan fingerprint density at radius 2 is 1.74 bits per heavy atom. The molecule has 2 amide bonds. The van der Waals surface area contributed by atoms with Crippen LogP contribution in [-0.2, 0) is 28.6 Å². The molecule has 9 nitrogen and oxygen atoms in total. The van der Waals surface area contributed by atoms with Gasteiger partial charge >= 0.3 is 18.0 Å². The molecule has 0 heterocycles. The molecular weight excluding hydrogens is 452 g/mol. The number of carbonyl (C=O) groups is 4. The first kappa shape index (κ1) is 26.5. The summed E-state index contributed by atoms with van der Waals surface area (Å²) in [6.07, 6.45) is -0.848. The summed E-state index contributed by atoms with van der Waals surface area (Å²) in [5, 5.41) is 5.63. The third-order valence-corrected chi connectivity index (χ3v) is 6.97. The highest BCUT2D eigenvalue weighted by atomic mass is 16.6. The van der Waals surface area contributed by atoms with E-state index < -0.39 is 52.3 Å². The molecule has 2 aliphatic carbocycles. The maximum absolute atomic E-state index is 13.5. The van der Waals surface area contributed by atoms with Crippen LogP contribution in [0.3, 0.4) is 0 Å². The number of benzene rings is 1. The van der Waals surface area contributed by atoms with Gasteiger partial charge in [-0.15, -0.1) is 0 Å². The number of ether oxygens (including phenoxy) is 3. The number of fused-ring (bicyclic) bond motifs is 1. The van der Waals surface area contributed by atoms with Gasteiger partial charge in [-0.3, -0.25) is 9.59 Å². The van der Waals surface area contributed by atoms with Gasteiger partial charge in [-0.25, -0.2) is 9.59 Å². The maximum atomic E-state index is 13.5. The fourth-order valence-corrected chi connectivity index (χ4v) is 5.53. The Hall–Kier alpha value is -3.10. The Labute approximate surface area is 206 Å². The molecule has 0 saturated heterocycles. The zero-order valence-electron chi connectivity index (χ0n) is 21.5. The smallest absolute Gasteiger partial charge is 0.408 e. The molecule has 0 aromatic heterocycles. The lowest BCUT2D eigenvalue weighted by Crippen LogP contribution is -2.61. The number of amides is 2. The zero-order valence-corrected chi connectivity index (χ0v) is 21.5. The van der Waals surface area contributed by atoms with Gasteiger partial charge in [0.25, 0.3) is 0 Å². The number of hydrogen-bond acceptors (Lipinski definition) is 7. The molecule has 2 saturated carbocycles. The van der Waals surface area contributed by atoms with E-state index in [1.165, 1.54) is 0 Å². The monoisotopic (exact) mass is 488 g/mol. The van der Waals surface area contributed by atoms with Crippen LogP contribution in [0.1, 0.15) is 53.5 Å². The Balaban J connectivity index is 2.01. The Morgan fingerprint density at radius 1 is 1.09 bits per heavy atom. The van der Waals surface area contributed by atoms with E-state index in [2.05, 4.69) is 10.6 Å². The topological polar surface area (TPSA) is 120 Å². The highest BCUT2D eigenvalue weighted by molar-refractivity contribution is 5.99. The van der Waals surface area contributed by atoms with Gasteiger partial charge in [0, 0.05) is 17.0 Å². The number of anilines is 1. The number of rotatable bonds is 7. The van der Waals surface area contributed by atoms with Crippen LogP contribution in [0.4, 0.5) is 10.5 Å². The Morgan fingerprint density at radius 3 is 2.31 bits per heavy atom. The third-order valence-electron chi connectivity index (χ3n) is 6.97. The van der Waals surface area contributed by atoms with Gasteiger partial charge in [0.05, 0.1) is 19.1 Å². The van der Waals surface area contributed by atoms with Gasteiger partial charge in [0.1, 0.15) is 11.1 Å². The number of hydrogen-bond donors (Lipinski definition) is 2. The summed E-state index contributed by atoms with van der Waals surface area (Å²) < 4.78 is 16.1. The van der Waals surface area contributed by atoms with Gasteiger partial charge in [-0.2, -0.15) is 0 Å². The highest BCUT2D eigenvalue weighted by Gasteiger charge is 2.85. The van der Waals surface area contributed by atoms with Gasteiger partial charge in [-0.1, -0.05) is 19.1 Å². The summed E-state index contributed by atoms with van der Waals surface area (Å²) in [7, 11) is 0. The van der Waals surface area contributed by atoms with Gasteiger partial charge in [0.15, 0.2) is 0 Å². The van der Waals surface area contributed by atoms with E-state index in [9.17, 15) is 19.2 Å². The molecule has 192 valence electrons. The van der Waals surface area contributed by atoms with Crippen molar-refractivity contribution in [2.24, 2.45) is 23.2 Å². The molecule has 0 radical (unpaired) electrons. The van der Waals surface area contributed by atoms with Crippen LogP contribution in [-0.4, -0.2) is 48.3 Å². The molecule has 1 aromatic carbocycles. The first-order valence-electron chi connectivity index (χ1n) is 12.0. The van der Waals surface area contributed by atoms with Crippen molar-refractivity contribution in [1.29, 1.82) is 0 Å². The fraction of sp³-hybridized carbons (Fsp3) is 0.615. The molecule has 0 unspecified atom stereocenters. The van der Waals surface area contributed by atoms with E-state index in [4.69, 9.17) is 14.2 Å². The SMILES string of the molecule is CCOC(=O)[C@@H]1[C@@H]2[C@@H](C(=O)Nc3cccc(C)c3)C[C@](NC(=O)OC(C)(C)C)(C(=O)OCC)[C@@]21C. The largest absolute Gasteiger partial charge is 0.466 e. The molecule has 1 aromatic rings.